The molecular formula is C15H14N2O6S. The summed E-state index contributed by atoms with van der Waals surface area (Å²) in [6.45, 7) is 3.13. The molecule has 0 unspecified atom stereocenters. The third kappa shape index (κ3) is 3.51. The number of aryl methyl sites for hydroxylation is 2. The molecule has 24 heavy (non-hydrogen) atoms. The fourth-order valence-electron chi connectivity index (χ4n) is 2.06. The maximum atomic E-state index is 12.6. The Labute approximate surface area is 138 Å². The number of nitrogens with zero attached hydrogens (tertiary/aromatic N) is 1. The highest BCUT2D eigenvalue weighted by atomic mass is 32.2. The molecule has 0 bridgehead atoms. The summed E-state index contributed by atoms with van der Waals surface area (Å²) in [5.74, 6) is -1.25. The van der Waals surface area contributed by atoms with Crippen molar-refractivity contribution in [1.29, 1.82) is 0 Å². The van der Waals surface area contributed by atoms with Gasteiger partial charge in [0.05, 0.1) is 21.1 Å². The van der Waals surface area contributed by atoms with Crippen LogP contribution < -0.4 is 4.72 Å². The number of nitro benzene ring substituents is 1. The molecule has 2 N–H and O–H groups in total. The van der Waals surface area contributed by atoms with Gasteiger partial charge in [-0.25, -0.2) is 13.2 Å². The number of non-ortho nitro benzene ring substituents is 1. The summed E-state index contributed by atoms with van der Waals surface area (Å²) >= 11 is 0. The minimum atomic E-state index is -4.10. The Morgan fingerprint density at radius 1 is 1.12 bits per heavy atom. The van der Waals surface area contributed by atoms with Crippen molar-refractivity contribution in [3.8, 4) is 0 Å². The molecule has 0 atom stereocenters. The molecule has 2 aromatic rings. The molecule has 0 aromatic heterocycles. The zero-order valence-electron chi connectivity index (χ0n) is 12.8. The van der Waals surface area contributed by atoms with Gasteiger partial charge in [-0.2, -0.15) is 0 Å². The van der Waals surface area contributed by atoms with Crippen LogP contribution in [0.1, 0.15) is 21.5 Å². The number of carboxylic acids is 1. The SMILES string of the molecule is Cc1ccc([N+](=O)[O-])cc1NS(=O)(=O)c1cc(C(=O)O)ccc1C. The van der Waals surface area contributed by atoms with Crippen LogP contribution in [0, 0.1) is 24.0 Å². The van der Waals surface area contributed by atoms with Crippen LogP contribution in [0.4, 0.5) is 11.4 Å². The highest BCUT2D eigenvalue weighted by Crippen LogP contribution is 2.26. The van der Waals surface area contributed by atoms with E-state index in [2.05, 4.69) is 4.72 Å². The fourth-order valence-corrected chi connectivity index (χ4v) is 3.45. The largest absolute Gasteiger partial charge is 0.478 e. The average Bonchev–Trinajstić information content (AvgIpc) is 2.49. The second-order valence-electron chi connectivity index (χ2n) is 5.15. The van der Waals surface area contributed by atoms with Crippen molar-refractivity contribution in [2.75, 3.05) is 4.72 Å². The Bertz CT molecular complexity index is 937. The molecular weight excluding hydrogens is 336 g/mol. The summed E-state index contributed by atoms with van der Waals surface area (Å²) in [6, 6.07) is 7.55. The molecule has 0 aliphatic rings. The zero-order chi connectivity index (χ0) is 18.1. The highest BCUT2D eigenvalue weighted by molar-refractivity contribution is 7.92. The maximum absolute atomic E-state index is 12.6. The molecule has 126 valence electrons. The Morgan fingerprint density at radius 3 is 2.33 bits per heavy atom. The Morgan fingerprint density at radius 2 is 1.75 bits per heavy atom. The van der Waals surface area contributed by atoms with Crippen LogP contribution in [0.15, 0.2) is 41.3 Å². The minimum absolute atomic E-state index is 0.0596. The van der Waals surface area contributed by atoms with Crippen molar-refractivity contribution in [3.63, 3.8) is 0 Å². The first-order valence-electron chi connectivity index (χ1n) is 6.73. The van der Waals surface area contributed by atoms with Gasteiger partial charge in [-0.3, -0.25) is 14.8 Å². The van der Waals surface area contributed by atoms with Gasteiger partial charge in [0.2, 0.25) is 0 Å². The predicted octanol–water partition coefficient (Wildman–Crippen LogP) is 2.71. The van der Waals surface area contributed by atoms with E-state index in [-0.39, 0.29) is 21.8 Å². The number of nitrogens with one attached hydrogen (secondary N) is 1. The number of hydrogen-bond donors (Lipinski definition) is 2. The second kappa shape index (κ2) is 6.28. The van der Waals surface area contributed by atoms with Crippen molar-refractivity contribution in [2.24, 2.45) is 0 Å². The fraction of sp³-hybridized carbons (Fsp3) is 0.133. The van der Waals surface area contributed by atoms with Gasteiger partial charge in [0.1, 0.15) is 0 Å². The number of anilines is 1. The molecule has 0 amide bonds. The van der Waals surface area contributed by atoms with E-state index >= 15 is 0 Å². The lowest BCUT2D eigenvalue weighted by molar-refractivity contribution is -0.384. The maximum Gasteiger partial charge on any atom is 0.335 e. The molecule has 0 heterocycles. The number of carbonyl (C=O) groups is 1. The van der Waals surface area contributed by atoms with Crippen LogP contribution in [0.25, 0.3) is 0 Å². The van der Waals surface area contributed by atoms with Gasteiger partial charge >= 0.3 is 5.97 Å². The molecule has 0 saturated carbocycles. The van der Waals surface area contributed by atoms with E-state index < -0.39 is 20.9 Å². The van der Waals surface area contributed by atoms with Gasteiger partial charge < -0.3 is 5.11 Å². The lowest BCUT2D eigenvalue weighted by Crippen LogP contribution is -2.16. The average molecular weight is 350 g/mol. The van der Waals surface area contributed by atoms with E-state index in [0.717, 1.165) is 12.1 Å². The van der Waals surface area contributed by atoms with E-state index in [0.29, 0.717) is 11.1 Å². The number of benzene rings is 2. The molecule has 0 aliphatic heterocycles. The lowest BCUT2D eigenvalue weighted by Gasteiger charge is -2.12. The first-order valence-corrected chi connectivity index (χ1v) is 8.22. The minimum Gasteiger partial charge on any atom is -0.478 e. The van der Waals surface area contributed by atoms with Gasteiger partial charge in [-0.15, -0.1) is 0 Å². The first-order chi connectivity index (χ1) is 11.1. The molecule has 0 spiro atoms. The van der Waals surface area contributed by atoms with Gasteiger partial charge in [0, 0.05) is 12.1 Å². The van der Waals surface area contributed by atoms with Crippen LogP contribution >= 0.6 is 0 Å². The van der Waals surface area contributed by atoms with E-state index in [1.807, 2.05) is 0 Å². The smallest absolute Gasteiger partial charge is 0.335 e. The van der Waals surface area contributed by atoms with E-state index in [1.165, 1.54) is 31.2 Å². The summed E-state index contributed by atoms with van der Waals surface area (Å²) in [6.07, 6.45) is 0. The molecule has 9 heteroatoms. The van der Waals surface area contributed by atoms with Crippen LogP contribution in [-0.4, -0.2) is 24.4 Å². The van der Waals surface area contributed by atoms with Crippen molar-refractivity contribution in [1.82, 2.24) is 0 Å². The van der Waals surface area contributed by atoms with Crippen LogP contribution in [0.3, 0.4) is 0 Å². The number of aromatic carboxylic acids is 1. The number of hydrogen-bond acceptors (Lipinski definition) is 5. The summed E-state index contributed by atoms with van der Waals surface area (Å²) < 4.78 is 27.4. The second-order valence-corrected chi connectivity index (χ2v) is 6.80. The quantitative estimate of drug-likeness (QED) is 0.630. The Balaban J connectivity index is 2.50. The van der Waals surface area contributed by atoms with E-state index in [9.17, 15) is 23.3 Å². The summed E-state index contributed by atoms with van der Waals surface area (Å²) in [5, 5.41) is 19.8. The van der Waals surface area contributed by atoms with Gasteiger partial charge in [-0.05, 0) is 37.1 Å². The third-order valence-electron chi connectivity index (χ3n) is 3.40. The van der Waals surface area contributed by atoms with Crippen LogP contribution in [0.5, 0.6) is 0 Å². The standard InChI is InChI=1S/C15H14N2O6S/c1-9-4-6-12(17(20)21)8-13(9)16-24(22,23)14-7-11(15(18)19)5-3-10(14)2/h3-8,16H,1-2H3,(H,18,19). The summed E-state index contributed by atoms with van der Waals surface area (Å²) in [5.41, 5.74) is 0.488. The molecule has 8 nitrogen and oxygen atoms in total. The normalized spacial score (nSPS) is 11.1. The third-order valence-corrected chi connectivity index (χ3v) is 4.91. The molecule has 0 radical (unpaired) electrons. The van der Waals surface area contributed by atoms with Gasteiger partial charge in [0.15, 0.2) is 0 Å². The molecule has 0 fully saturated rings. The van der Waals surface area contributed by atoms with Gasteiger partial charge in [0.25, 0.3) is 15.7 Å². The van der Waals surface area contributed by atoms with E-state index in [4.69, 9.17) is 5.11 Å². The van der Waals surface area contributed by atoms with Crippen molar-refractivity contribution in [3.05, 3.63) is 63.2 Å². The lowest BCUT2D eigenvalue weighted by atomic mass is 10.1. The van der Waals surface area contributed by atoms with E-state index in [1.54, 1.807) is 6.92 Å². The van der Waals surface area contributed by atoms with Crippen molar-refractivity contribution in [2.45, 2.75) is 18.7 Å². The topological polar surface area (TPSA) is 127 Å². The molecule has 0 aliphatic carbocycles. The number of nitro groups is 1. The summed E-state index contributed by atoms with van der Waals surface area (Å²) in [7, 11) is -4.10. The van der Waals surface area contributed by atoms with Gasteiger partial charge in [-0.1, -0.05) is 12.1 Å². The molecule has 0 saturated heterocycles. The molecule has 2 aromatic carbocycles. The number of sulfonamides is 1. The zero-order valence-corrected chi connectivity index (χ0v) is 13.6. The number of rotatable bonds is 5. The van der Waals surface area contributed by atoms with Crippen molar-refractivity contribution >= 4 is 27.4 Å². The van der Waals surface area contributed by atoms with Crippen molar-refractivity contribution < 1.29 is 23.2 Å². The Kier molecular flexibility index (Phi) is 4.56. The van der Waals surface area contributed by atoms with Crippen LogP contribution in [0.2, 0.25) is 0 Å². The monoisotopic (exact) mass is 350 g/mol. The highest BCUT2D eigenvalue weighted by Gasteiger charge is 2.21. The van der Waals surface area contributed by atoms with Crippen LogP contribution in [-0.2, 0) is 10.0 Å². The first kappa shape index (κ1) is 17.4. The number of carboxylic acid groups (broad SMARTS) is 1. The molecule has 2 rings (SSSR count). The Hall–Kier alpha value is -2.94. The summed E-state index contributed by atoms with van der Waals surface area (Å²) in [4.78, 5) is 21.0. The predicted molar refractivity (Wildman–Crippen MR) is 86.8 cm³/mol.